The first kappa shape index (κ1) is 38.9. The van der Waals surface area contributed by atoms with Crippen molar-refractivity contribution >= 4 is 17.9 Å². The van der Waals surface area contributed by atoms with Crippen molar-refractivity contribution in [1.82, 2.24) is 5.06 Å². The fourth-order valence-corrected chi connectivity index (χ4v) is 8.75. The minimum absolute atomic E-state index is 0.0420. The first-order chi connectivity index (χ1) is 25.9. The Balaban J connectivity index is 1.45. The van der Waals surface area contributed by atoms with E-state index in [0.717, 1.165) is 35.1 Å². The Morgan fingerprint density at radius 2 is 1.39 bits per heavy atom. The first-order valence-corrected chi connectivity index (χ1v) is 19.2. The molecule has 4 aromatic rings. The van der Waals surface area contributed by atoms with Crippen LogP contribution in [0, 0.1) is 24.7 Å². The standard InChI is InChI=1S/C46H53NO7/c1-7-52-43(49)40-38(32-26-23-30(2)24-27-32)39(42(48)54-41(33-17-11-8-12-18-33)34-19-13-9-14-20-34)46(6,47(40)51)44(50)53-37-29-31(3)25-28-36(37)45(4,5)35-21-15-10-16-22-35/h8-24,26-27,31,36-41,51H,7,25,28-29H2,1-6H3/t31-,36-,37-,38+,39-,40+,46+/m1/s1. The molecule has 4 aromatic carbocycles. The van der Waals surface area contributed by atoms with Crippen LogP contribution in [0.3, 0.4) is 0 Å². The molecular formula is C46H53NO7. The van der Waals surface area contributed by atoms with Gasteiger partial charge in [-0.15, -0.1) is 0 Å². The number of nitrogens with zero attached hydrogens (tertiary/aromatic N) is 1. The van der Waals surface area contributed by atoms with Gasteiger partial charge in [0, 0.05) is 11.8 Å². The lowest BCUT2D eigenvalue weighted by atomic mass is 9.64. The van der Waals surface area contributed by atoms with Gasteiger partial charge in [-0.1, -0.05) is 148 Å². The lowest BCUT2D eigenvalue weighted by molar-refractivity contribution is -0.217. The van der Waals surface area contributed by atoms with Crippen molar-refractivity contribution in [3.8, 4) is 0 Å². The number of hydrogen-bond donors (Lipinski definition) is 1. The third-order valence-electron chi connectivity index (χ3n) is 11.9. The Kier molecular flexibility index (Phi) is 11.7. The first-order valence-electron chi connectivity index (χ1n) is 19.2. The van der Waals surface area contributed by atoms with Crippen LogP contribution in [0.4, 0.5) is 0 Å². The van der Waals surface area contributed by atoms with Gasteiger partial charge in [0.2, 0.25) is 0 Å². The highest BCUT2D eigenvalue weighted by Gasteiger charge is 2.68. The zero-order chi connectivity index (χ0) is 38.6. The van der Waals surface area contributed by atoms with Crippen LogP contribution in [0.2, 0.25) is 0 Å². The number of benzene rings is 4. The molecule has 1 saturated carbocycles. The minimum Gasteiger partial charge on any atom is -0.465 e. The van der Waals surface area contributed by atoms with Crippen LogP contribution < -0.4 is 0 Å². The van der Waals surface area contributed by atoms with E-state index in [0.29, 0.717) is 17.0 Å². The number of ether oxygens (including phenoxy) is 3. The van der Waals surface area contributed by atoms with Gasteiger partial charge >= 0.3 is 17.9 Å². The molecule has 1 saturated heterocycles. The van der Waals surface area contributed by atoms with Crippen molar-refractivity contribution in [3.05, 3.63) is 143 Å². The van der Waals surface area contributed by atoms with E-state index >= 15 is 9.59 Å². The maximum absolute atomic E-state index is 15.1. The second-order valence-electron chi connectivity index (χ2n) is 15.8. The summed E-state index contributed by atoms with van der Waals surface area (Å²) in [5.74, 6) is -4.44. The molecule has 8 nitrogen and oxygen atoms in total. The van der Waals surface area contributed by atoms with Crippen LogP contribution in [-0.2, 0) is 34.0 Å². The van der Waals surface area contributed by atoms with E-state index in [4.69, 9.17) is 14.2 Å². The Labute approximate surface area is 319 Å². The fraction of sp³-hybridized carbons (Fsp3) is 0.413. The molecule has 1 heterocycles. The largest absolute Gasteiger partial charge is 0.465 e. The number of hydrogen-bond acceptors (Lipinski definition) is 8. The summed E-state index contributed by atoms with van der Waals surface area (Å²) in [4.78, 5) is 44.0. The van der Waals surface area contributed by atoms with Crippen LogP contribution in [0.5, 0.6) is 0 Å². The predicted octanol–water partition coefficient (Wildman–Crippen LogP) is 8.75. The predicted molar refractivity (Wildman–Crippen MR) is 207 cm³/mol. The van der Waals surface area contributed by atoms with E-state index < -0.39 is 53.5 Å². The van der Waals surface area contributed by atoms with E-state index in [1.54, 1.807) is 6.92 Å². The van der Waals surface area contributed by atoms with Crippen molar-refractivity contribution in [2.24, 2.45) is 17.8 Å². The highest BCUT2D eigenvalue weighted by atomic mass is 16.6. The average Bonchev–Trinajstić information content (AvgIpc) is 3.42. The van der Waals surface area contributed by atoms with Gasteiger partial charge in [-0.3, -0.25) is 9.59 Å². The number of aryl methyl sites for hydroxylation is 1. The number of carbonyl (C=O) groups is 3. The normalized spacial score (nSPS) is 25.9. The van der Waals surface area contributed by atoms with E-state index in [2.05, 4.69) is 32.9 Å². The molecule has 1 N–H and O–H groups in total. The molecular weight excluding hydrogens is 679 g/mol. The molecule has 0 aromatic heterocycles. The zero-order valence-corrected chi connectivity index (χ0v) is 32.2. The highest BCUT2D eigenvalue weighted by molar-refractivity contribution is 5.93. The molecule has 0 amide bonds. The van der Waals surface area contributed by atoms with Crippen LogP contribution in [0.1, 0.15) is 93.7 Å². The van der Waals surface area contributed by atoms with E-state index in [-0.39, 0.29) is 23.9 Å². The summed E-state index contributed by atoms with van der Waals surface area (Å²) < 4.78 is 18.6. The van der Waals surface area contributed by atoms with Gasteiger partial charge in [0.25, 0.3) is 0 Å². The molecule has 0 bridgehead atoms. The van der Waals surface area contributed by atoms with Gasteiger partial charge in [-0.05, 0) is 67.2 Å². The topological polar surface area (TPSA) is 102 Å². The lowest BCUT2D eigenvalue weighted by Crippen LogP contribution is -2.57. The van der Waals surface area contributed by atoms with Gasteiger partial charge in [0.1, 0.15) is 12.1 Å². The van der Waals surface area contributed by atoms with Gasteiger partial charge < -0.3 is 19.4 Å². The molecule has 0 spiro atoms. The lowest BCUT2D eigenvalue weighted by Gasteiger charge is -2.45. The summed E-state index contributed by atoms with van der Waals surface area (Å²) in [7, 11) is 0. The molecule has 54 heavy (non-hydrogen) atoms. The van der Waals surface area contributed by atoms with Gasteiger partial charge in [-0.25, -0.2) is 4.79 Å². The van der Waals surface area contributed by atoms with Crippen LogP contribution >= 0.6 is 0 Å². The Bertz CT molecular complexity index is 1840. The molecule has 6 rings (SSSR count). The second kappa shape index (κ2) is 16.3. The van der Waals surface area contributed by atoms with E-state index in [1.807, 2.05) is 110 Å². The number of esters is 3. The van der Waals surface area contributed by atoms with Crippen molar-refractivity contribution in [1.29, 1.82) is 0 Å². The van der Waals surface area contributed by atoms with Crippen molar-refractivity contribution in [2.45, 2.75) is 95.9 Å². The van der Waals surface area contributed by atoms with Crippen molar-refractivity contribution < 1.29 is 33.8 Å². The van der Waals surface area contributed by atoms with Crippen LogP contribution in [-0.4, -0.2) is 52.5 Å². The Hall–Kier alpha value is -4.79. The average molecular weight is 732 g/mol. The SMILES string of the molecule is CCOC(=O)[C@@H]1[C@@H](c2ccc(C)cc2)[C@H](C(=O)OC(c2ccccc2)c2ccccc2)[C@@](C)(C(=O)O[C@@H]2C[C@H](C)CC[C@H]2C(C)(C)c2ccccc2)N1O. The second-order valence-corrected chi connectivity index (χ2v) is 15.8. The van der Waals surface area contributed by atoms with Gasteiger partial charge in [0.05, 0.1) is 12.5 Å². The van der Waals surface area contributed by atoms with Gasteiger partial charge in [-0.2, -0.15) is 5.06 Å². The monoisotopic (exact) mass is 731 g/mol. The van der Waals surface area contributed by atoms with Gasteiger partial charge in [0.15, 0.2) is 11.6 Å². The third kappa shape index (κ3) is 7.59. The number of carbonyl (C=O) groups excluding carboxylic acids is 3. The smallest absolute Gasteiger partial charge is 0.329 e. The summed E-state index contributed by atoms with van der Waals surface area (Å²) in [5.41, 5.74) is 1.77. The number of rotatable bonds is 11. The quantitative estimate of drug-likeness (QED) is 0.121. The number of hydroxylamine groups is 2. The molecule has 2 aliphatic rings. The summed E-state index contributed by atoms with van der Waals surface area (Å²) >= 11 is 0. The summed E-state index contributed by atoms with van der Waals surface area (Å²) in [5, 5.41) is 13.0. The van der Waals surface area contributed by atoms with E-state index in [1.165, 1.54) is 6.92 Å². The Morgan fingerprint density at radius 3 is 1.94 bits per heavy atom. The van der Waals surface area contributed by atoms with Crippen molar-refractivity contribution in [2.75, 3.05) is 6.61 Å². The zero-order valence-electron chi connectivity index (χ0n) is 32.2. The van der Waals surface area contributed by atoms with E-state index in [9.17, 15) is 10.0 Å². The molecule has 2 fully saturated rings. The van der Waals surface area contributed by atoms with Crippen molar-refractivity contribution in [3.63, 3.8) is 0 Å². The molecule has 7 atom stereocenters. The maximum Gasteiger partial charge on any atom is 0.329 e. The molecule has 0 unspecified atom stereocenters. The molecule has 284 valence electrons. The minimum atomic E-state index is -2.04. The molecule has 8 heteroatoms. The molecule has 1 aliphatic carbocycles. The highest BCUT2D eigenvalue weighted by Crippen LogP contribution is 2.51. The molecule has 0 radical (unpaired) electrons. The fourth-order valence-electron chi connectivity index (χ4n) is 8.75. The summed E-state index contributed by atoms with van der Waals surface area (Å²) in [6, 6.07) is 35.0. The Morgan fingerprint density at radius 1 is 0.833 bits per heavy atom. The molecule has 1 aliphatic heterocycles. The maximum atomic E-state index is 15.1. The van der Waals surface area contributed by atoms with Crippen LogP contribution in [0.25, 0.3) is 0 Å². The van der Waals surface area contributed by atoms with Crippen LogP contribution in [0.15, 0.2) is 115 Å². The summed E-state index contributed by atoms with van der Waals surface area (Å²) in [6.45, 7) is 11.7. The summed E-state index contributed by atoms with van der Waals surface area (Å²) in [6.07, 6.45) is 1.09. The third-order valence-corrected chi connectivity index (χ3v) is 11.9.